The maximum atomic E-state index is 14.1. The number of rotatable bonds is 5. The lowest BCUT2D eigenvalue weighted by Gasteiger charge is -2.06. The number of halogens is 1. The molecule has 0 aliphatic heterocycles. The van der Waals surface area contributed by atoms with Gasteiger partial charge >= 0.3 is 0 Å². The lowest BCUT2D eigenvalue weighted by Crippen LogP contribution is -2.14. The predicted octanol–water partition coefficient (Wildman–Crippen LogP) is 1.51. The smallest absolute Gasteiger partial charge is 0.221 e. The van der Waals surface area contributed by atoms with E-state index in [9.17, 15) is 9.18 Å². The number of hydrogen-bond acceptors (Lipinski definition) is 4. The minimum Gasteiger partial charge on any atom is -0.369 e. The van der Waals surface area contributed by atoms with Crippen molar-refractivity contribution in [2.45, 2.75) is 13.0 Å². The monoisotopic (exact) mass is 313 g/mol. The first-order chi connectivity index (χ1) is 11.1. The minimum atomic E-state index is -0.560. The lowest BCUT2D eigenvalue weighted by molar-refractivity contribution is -0.117. The molecule has 0 saturated heterocycles. The summed E-state index contributed by atoms with van der Waals surface area (Å²) in [5.41, 5.74) is 8.39. The average molecular weight is 313 g/mol. The van der Waals surface area contributed by atoms with E-state index >= 15 is 0 Å². The van der Waals surface area contributed by atoms with Gasteiger partial charge in [0.05, 0.1) is 12.1 Å². The molecule has 23 heavy (non-hydrogen) atoms. The van der Waals surface area contributed by atoms with Crippen molar-refractivity contribution in [3.63, 3.8) is 0 Å². The van der Waals surface area contributed by atoms with Gasteiger partial charge in [-0.2, -0.15) is 5.10 Å². The zero-order valence-electron chi connectivity index (χ0n) is 12.6. The summed E-state index contributed by atoms with van der Waals surface area (Å²) in [7, 11) is 1.84. The normalized spacial score (nSPS) is 11.0. The van der Waals surface area contributed by atoms with E-state index in [1.54, 1.807) is 18.3 Å². The minimum absolute atomic E-state index is 0.114. The van der Waals surface area contributed by atoms with Crippen LogP contribution in [0.2, 0.25) is 0 Å². The molecule has 1 aromatic carbocycles. The van der Waals surface area contributed by atoms with Gasteiger partial charge < -0.3 is 11.1 Å². The topological polar surface area (TPSA) is 96.7 Å². The molecule has 1 amide bonds. The van der Waals surface area contributed by atoms with E-state index in [-0.39, 0.29) is 12.0 Å². The molecule has 4 N–H and O–H groups in total. The number of nitrogens with two attached hydrogens (primary N) is 1. The molecule has 0 unspecified atom stereocenters. The van der Waals surface area contributed by atoms with Gasteiger partial charge in [-0.3, -0.25) is 9.89 Å². The van der Waals surface area contributed by atoms with Crippen LogP contribution in [-0.4, -0.2) is 28.1 Å². The Balaban J connectivity index is 2.00. The van der Waals surface area contributed by atoms with Crippen LogP contribution in [0.15, 0.2) is 30.5 Å². The Labute approximate surface area is 131 Å². The molecule has 0 atom stereocenters. The number of nitrogens with zero attached hydrogens (tertiary/aromatic N) is 2. The second kappa shape index (κ2) is 6.13. The van der Waals surface area contributed by atoms with Gasteiger partial charge in [0, 0.05) is 23.7 Å². The van der Waals surface area contributed by atoms with Crippen LogP contribution in [-0.2, 0) is 17.8 Å². The van der Waals surface area contributed by atoms with Gasteiger partial charge in [-0.05, 0) is 30.3 Å². The van der Waals surface area contributed by atoms with Gasteiger partial charge in [-0.1, -0.05) is 12.1 Å². The highest BCUT2D eigenvalue weighted by Gasteiger charge is 2.11. The number of hydrogen-bond donors (Lipinski definition) is 3. The third-order valence-electron chi connectivity index (χ3n) is 3.59. The van der Waals surface area contributed by atoms with Crippen molar-refractivity contribution in [3.05, 3.63) is 47.5 Å². The molecule has 3 aromatic rings. The van der Waals surface area contributed by atoms with Gasteiger partial charge in [-0.25, -0.2) is 9.37 Å². The van der Waals surface area contributed by atoms with Crippen molar-refractivity contribution >= 4 is 16.9 Å². The summed E-state index contributed by atoms with van der Waals surface area (Å²) in [6, 6.07) is 6.63. The molecule has 0 aliphatic rings. The molecule has 0 aliphatic carbocycles. The number of amides is 1. The van der Waals surface area contributed by atoms with Gasteiger partial charge in [0.1, 0.15) is 5.82 Å². The number of pyridine rings is 1. The molecule has 3 rings (SSSR count). The standard InChI is InChI=1S/C16H16FN5O/c1-19-8-14-12-4-11(7-20-16(12)22-21-14)9-2-3-10(6-15(18)23)13(17)5-9/h2-5,7,19H,6,8H2,1H3,(H2,18,23)(H,20,21,22). The number of nitrogens with one attached hydrogen (secondary N) is 2. The van der Waals surface area contributed by atoms with Crippen LogP contribution in [0, 0.1) is 5.82 Å². The third kappa shape index (κ3) is 3.04. The van der Waals surface area contributed by atoms with E-state index in [1.807, 2.05) is 13.1 Å². The predicted molar refractivity (Wildman–Crippen MR) is 84.9 cm³/mol. The van der Waals surface area contributed by atoms with Gasteiger partial charge in [-0.15, -0.1) is 0 Å². The van der Waals surface area contributed by atoms with Crippen molar-refractivity contribution in [2.75, 3.05) is 7.05 Å². The van der Waals surface area contributed by atoms with E-state index in [0.717, 1.165) is 16.6 Å². The van der Waals surface area contributed by atoms with Gasteiger partial charge in [0.15, 0.2) is 5.65 Å². The quantitative estimate of drug-likeness (QED) is 0.665. The fourth-order valence-electron chi connectivity index (χ4n) is 2.48. The first kappa shape index (κ1) is 15.1. The molecular formula is C16H16FN5O. The second-order valence-corrected chi connectivity index (χ2v) is 5.28. The van der Waals surface area contributed by atoms with Crippen LogP contribution in [0.5, 0.6) is 0 Å². The number of aromatic nitrogens is 3. The summed E-state index contributed by atoms with van der Waals surface area (Å²) in [5.74, 6) is -1.01. The Bertz CT molecular complexity index is 874. The van der Waals surface area contributed by atoms with Crippen LogP contribution in [0.3, 0.4) is 0 Å². The number of fused-ring (bicyclic) bond motifs is 1. The molecule has 0 fully saturated rings. The number of benzene rings is 1. The van der Waals surface area contributed by atoms with Crippen LogP contribution >= 0.6 is 0 Å². The molecule has 0 spiro atoms. The molecule has 2 aromatic heterocycles. The Morgan fingerprint density at radius 2 is 2.17 bits per heavy atom. The highest BCUT2D eigenvalue weighted by Crippen LogP contribution is 2.25. The Kier molecular flexibility index (Phi) is 4.03. The molecule has 0 saturated carbocycles. The molecule has 0 radical (unpaired) electrons. The van der Waals surface area contributed by atoms with Crippen molar-refractivity contribution in [2.24, 2.45) is 5.73 Å². The van der Waals surface area contributed by atoms with Crippen LogP contribution in [0.1, 0.15) is 11.3 Å². The fourth-order valence-corrected chi connectivity index (χ4v) is 2.48. The first-order valence-corrected chi connectivity index (χ1v) is 7.13. The first-order valence-electron chi connectivity index (χ1n) is 7.13. The van der Waals surface area contributed by atoms with Gasteiger partial charge in [0.2, 0.25) is 5.91 Å². The van der Waals surface area contributed by atoms with Crippen LogP contribution in [0.25, 0.3) is 22.2 Å². The van der Waals surface area contributed by atoms with E-state index in [2.05, 4.69) is 20.5 Å². The zero-order chi connectivity index (χ0) is 16.4. The summed E-state index contributed by atoms with van der Waals surface area (Å²) >= 11 is 0. The SMILES string of the molecule is CNCc1[nH]nc2ncc(-c3ccc(CC(N)=O)c(F)c3)cc12. The Morgan fingerprint density at radius 1 is 1.35 bits per heavy atom. The summed E-state index contributed by atoms with van der Waals surface area (Å²) < 4.78 is 14.1. The Morgan fingerprint density at radius 3 is 2.87 bits per heavy atom. The number of primary amides is 1. The lowest BCUT2D eigenvalue weighted by atomic mass is 10.0. The molecule has 2 heterocycles. The molecule has 118 valence electrons. The van der Waals surface area contributed by atoms with Crippen molar-refractivity contribution in [1.29, 1.82) is 0 Å². The molecule has 0 bridgehead atoms. The number of carbonyl (C=O) groups is 1. The Hall–Kier alpha value is -2.80. The highest BCUT2D eigenvalue weighted by molar-refractivity contribution is 5.83. The molecular weight excluding hydrogens is 297 g/mol. The fraction of sp³-hybridized carbons (Fsp3) is 0.188. The molecule has 6 nitrogen and oxygen atoms in total. The van der Waals surface area contributed by atoms with Crippen molar-refractivity contribution in [3.8, 4) is 11.1 Å². The maximum Gasteiger partial charge on any atom is 0.221 e. The van der Waals surface area contributed by atoms with Crippen molar-refractivity contribution in [1.82, 2.24) is 20.5 Å². The second-order valence-electron chi connectivity index (χ2n) is 5.28. The van der Waals surface area contributed by atoms with Crippen LogP contribution < -0.4 is 11.1 Å². The summed E-state index contributed by atoms with van der Waals surface area (Å²) in [5, 5.41) is 11.0. The van der Waals surface area contributed by atoms with E-state index in [0.29, 0.717) is 17.8 Å². The average Bonchev–Trinajstić information content (AvgIpc) is 2.92. The molecule has 7 heteroatoms. The maximum absolute atomic E-state index is 14.1. The summed E-state index contributed by atoms with van der Waals surface area (Å²) in [4.78, 5) is 15.2. The van der Waals surface area contributed by atoms with E-state index in [4.69, 9.17) is 5.73 Å². The zero-order valence-corrected chi connectivity index (χ0v) is 12.6. The van der Waals surface area contributed by atoms with Crippen LogP contribution in [0.4, 0.5) is 4.39 Å². The van der Waals surface area contributed by atoms with E-state index < -0.39 is 11.7 Å². The number of aromatic amines is 1. The third-order valence-corrected chi connectivity index (χ3v) is 3.59. The highest BCUT2D eigenvalue weighted by atomic mass is 19.1. The van der Waals surface area contributed by atoms with Crippen molar-refractivity contribution < 1.29 is 9.18 Å². The number of carbonyl (C=O) groups excluding carboxylic acids is 1. The summed E-state index contributed by atoms with van der Waals surface area (Å²) in [6.07, 6.45) is 1.53. The summed E-state index contributed by atoms with van der Waals surface area (Å²) in [6.45, 7) is 0.632. The van der Waals surface area contributed by atoms with Gasteiger partial charge in [0.25, 0.3) is 0 Å². The largest absolute Gasteiger partial charge is 0.369 e. The van der Waals surface area contributed by atoms with E-state index in [1.165, 1.54) is 6.07 Å². The number of H-pyrrole nitrogens is 1.